The summed E-state index contributed by atoms with van der Waals surface area (Å²) in [6.45, 7) is 4.14. The molecule has 0 aromatic heterocycles. The summed E-state index contributed by atoms with van der Waals surface area (Å²) >= 11 is 0. The molecule has 0 radical (unpaired) electrons. The predicted octanol–water partition coefficient (Wildman–Crippen LogP) is 3.85. The molecule has 1 atom stereocenters. The highest BCUT2D eigenvalue weighted by atomic mass is 16.5. The number of rotatable bonds is 7. The second kappa shape index (κ2) is 8.54. The summed E-state index contributed by atoms with van der Waals surface area (Å²) in [5.41, 5.74) is 2.34. The van der Waals surface area contributed by atoms with Crippen molar-refractivity contribution < 1.29 is 23.8 Å². The molecule has 2 aromatic rings. The Balaban J connectivity index is 1.65. The molecule has 0 spiro atoms. The van der Waals surface area contributed by atoms with Crippen LogP contribution in [0.3, 0.4) is 0 Å². The highest BCUT2D eigenvalue weighted by molar-refractivity contribution is 5.98. The average Bonchev–Trinajstić information content (AvgIpc) is 3.04. The van der Waals surface area contributed by atoms with Gasteiger partial charge in [-0.2, -0.15) is 0 Å². The molecule has 0 N–H and O–H groups in total. The van der Waals surface area contributed by atoms with E-state index in [4.69, 9.17) is 14.2 Å². The topological polar surface area (TPSA) is 61.8 Å². The van der Waals surface area contributed by atoms with Gasteiger partial charge in [-0.05, 0) is 32.1 Å². The van der Waals surface area contributed by atoms with E-state index in [-0.39, 0.29) is 18.5 Å². The Labute approximate surface area is 158 Å². The fourth-order valence-corrected chi connectivity index (χ4v) is 2.92. The van der Waals surface area contributed by atoms with E-state index in [0.717, 1.165) is 23.3 Å². The largest absolute Gasteiger partial charge is 0.493 e. The van der Waals surface area contributed by atoms with Gasteiger partial charge in [-0.15, -0.1) is 0 Å². The summed E-state index contributed by atoms with van der Waals surface area (Å²) < 4.78 is 16.5. The van der Waals surface area contributed by atoms with Gasteiger partial charge in [-0.3, -0.25) is 4.79 Å². The average molecular weight is 366 g/mol. The van der Waals surface area contributed by atoms with E-state index in [9.17, 15) is 9.59 Å². The Morgan fingerprint density at radius 3 is 2.74 bits per heavy atom. The number of ether oxygens (including phenoxy) is 3. The number of carbonyl (C=O) groups excluding carboxylic acids is 2. The molecule has 0 amide bonds. The summed E-state index contributed by atoms with van der Waals surface area (Å²) in [5, 5.41) is 0. The SMILES string of the molecule is CCOc1cc2c(cc1/C=C/C(=O)OCC(=O)c1ccccc1)O[C@H](C)C2. The van der Waals surface area contributed by atoms with Crippen molar-refractivity contribution in [3.05, 3.63) is 65.2 Å². The van der Waals surface area contributed by atoms with E-state index in [0.29, 0.717) is 17.9 Å². The van der Waals surface area contributed by atoms with Crippen LogP contribution >= 0.6 is 0 Å². The lowest BCUT2D eigenvalue weighted by atomic mass is 10.1. The minimum atomic E-state index is -0.587. The first-order chi connectivity index (χ1) is 13.1. The van der Waals surface area contributed by atoms with Crippen LogP contribution in [0.1, 0.15) is 35.3 Å². The van der Waals surface area contributed by atoms with E-state index in [1.54, 1.807) is 30.3 Å². The summed E-state index contributed by atoms with van der Waals surface area (Å²) in [6, 6.07) is 12.5. The molecular weight excluding hydrogens is 344 g/mol. The van der Waals surface area contributed by atoms with Gasteiger partial charge in [0.15, 0.2) is 12.4 Å². The van der Waals surface area contributed by atoms with Gasteiger partial charge in [0, 0.05) is 29.2 Å². The molecule has 1 aliphatic rings. The normalized spacial score (nSPS) is 15.3. The quantitative estimate of drug-likeness (QED) is 0.423. The molecule has 140 valence electrons. The summed E-state index contributed by atoms with van der Waals surface area (Å²) in [7, 11) is 0. The van der Waals surface area contributed by atoms with E-state index in [2.05, 4.69) is 0 Å². The molecule has 0 saturated heterocycles. The molecule has 0 bridgehead atoms. The molecule has 2 aromatic carbocycles. The molecule has 0 saturated carbocycles. The number of carbonyl (C=O) groups is 2. The number of ketones is 1. The van der Waals surface area contributed by atoms with Crippen LogP contribution in [0.25, 0.3) is 6.08 Å². The molecule has 1 aliphatic heterocycles. The van der Waals surface area contributed by atoms with E-state index in [1.807, 2.05) is 32.0 Å². The fraction of sp³-hybridized carbons (Fsp3) is 0.273. The van der Waals surface area contributed by atoms with E-state index < -0.39 is 5.97 Å². The zero-order valence-electron chi connectivity index (χ0n) is 15.4. The van der Waals surface area contributed by atoms with E-state index in [1.165, 1.54) is 6.08 Å². The van der Waals surface area contributed by atoms with Crippen molar-refractivity contribution in [2.24, 2.45) is 0 Å². The third kappa shape index (κ3) is 4.76. The van der Waals surface area contributed by atoms with Crippen LogP contribution in [0.5, 0.6) is 11.5 Å². The zero-order chi connectivity index (χ0) is 19.2. The Bertz CT molecular complexity index is 855. The molecule has 5 heteroatoms. The number of fused-ring (bicyclic) bond motifs is 1. The first kappa shape index (κ1) is 18.7. The molecular formula is C22H22O5. The van der Waals surface area contributed by atoms with Gasteiger partial charge in [0.25, 0.3) is 0 Å². The predicted molar refractivity (Wildman–Crippen MR) is 102 cm³/mol. The Morgan fingerprint density at radius 1 is 1.22 bits per heavy atom. The van der Waals surface area contributed by atoms with Crippen LogP contribution in [0.15, 0.2) is 48.5 Å². The molecule has 1 heterocycles. The van der Waals surface area contributed by atoms with Crippen LogP contribution in [0, 0.1) is 0 Å². The van der Waals surface area contributed by atoms with Crippen molar-refractivity contribution in [3.63, 3.8) is 0 Å². The Hall–Kier alpha value is -3.08. The van der Waals surface area contributed by atoms with Crippen molar-refractivity contribution in [1.29, 1.82) is 0 Å². The highest BCUT2D eigenvalue weighted by Gasteiger charge is 2.21. The molecule has 0 aliphatic carbocycles. The van der Waals surface area contributed by atoms with Crippen molar-refractivity contribution in [2.45, 2.75) is 26.4 Å². The first-order valence-corrected chi connectivity index (χ1v) is 8.96. The third-order valence-corrected chi connectivity index (χ3v) is 4.17. The molecule has 0 unspecified atom stereocenters. The standard InChI is InChI=1S/C22H22O5/c1-3-25-20-13-18-11-15(2)27-21(18)12-17(20)9-10-22(24)26-14-19(23)16-7-5-4-6-8-16/h4-10,12-13,15H,3,11,14H2,1-2H3/b10-9+/t15-/m1/s1. The van der Waals surface area contributed by atoms with Gasteiger partial charge in [0.2, 0.25) is 0 Å². The lowest BCUT2D eigenvalue weighted by Crippen LogP contribution is -2.12. The van der Waals surface area contributed by atoms with Crippen LogP contribution in [0.2, 0.25) is 0 Å². The summed E-state index contributed by atoms with van der Waals surface area (Å²) in [5.74, 6) is 0.667. The minimum absolute atomic E-state index is 0.127. The first-order valence-electron chi connectivity index (χ1n) is 8.96. The zero-order valence-corrected chi connectivity index (χ0v) is 15.4. The van der Waals surface area contributed by atoms with Crippen LogP contribution in [-0.2, 0) is 16.0 Å². The van der Waals surface area contributed by atoms with Crippen LogP contribution in [-0.4, -0.2) is 31.1 Å². The number of hydrogen-bond acceptors (Lipinski definition) is 5. The summed E-state index contributed by atoms with van der Waals surface area (Å²) in [6.07, 6.45) is 3.87. The van der Waals surface area contributed by atoms with Gasteiger partial charge in [0.05, 0.1) is 6.61 Å². The van der Waals surface area contributed by atoms with Gasteiger partial charge < -0.3 is 14.2 Å². The second-order valence-corrected chi connectivity index (χ2v) is 6.29. The number of esters is 1. The maximum Gasteiger partial charge on any atom is 0.331 e. The summed E-state index contributed by atoms with van der Waals surface area (Å²) in [4.78, 5) is 24.0. The smallest absolute Gasteiger partial charge is 0.331 e. The minimum Gasteiger partial charge on any atom is -0.493 e. The molecule has 5 nitrogen and oxygen atoms in total. The maximum absolute atomic E-state index is 12.0. The maximum atomic E-state index is 12.0. The van der Waals surface area contributed by atoms with Gasteiger partial charge >= 0.3 is 5.97 Å². The van der Waals surface area contributed by atoms with Crippen molar-refractivity contribution in [2.75, 3.05) is 13.2 Å². The van der Waals surface area contributed by atoms with Crippen LogP contribution in [0.4, 0.5) is 0 Å². The Kier molecular flexibility index (Phi) is 5.91. The van der Waals surface area contributed by atoms with Crippen molar-refractivity contribution in [3.8, 4) is 11.5 Å². The van der Waals surface area contributed by atoms with E-state index >= 15 is 0 Å². The third-order valence-electron chi connectivity index (χ3n) is 4.17. The number of Topliss-reactive ketones (excluding diaryl/α,β-unsaturated/α-hetero) is 1. The lowest BCUT2D eigenvalue weighted by Gasteiger charge is -2.10. The monoisotopic (exact) mass is 366 g/mol. The van der Waals surface area contributed by atoms with Crippen molar-refractivity contribution >= 4 is 17.8 Å². The molecule has 27 heavy (non-hydrogen) atoms. The second-order valence-electron chi connectivity index (χ2n) is 6.29. The lowest BCUT2D eigenvalue weighted by molar-refractivity contribution is -0.136. The van der Waals surface area contributed by atoms with Gasteiger partial charge in [-0.1, -0.05) is 30.3 Å². The van der Waals surface area contributed by atoms with Gasteiger partial charge in [0.1, 0.15) is 17.6 Å². The van der Waals surface area contributed by atoms with Crippen LogP contribution < -0.4 is 9.47 Å². The van der Waals surface area contributed by atoms with Gasteiger partial charge in [-0.25, -0.2) is 4.79 Å². The molecule has 0 fully saturated rings. The molecule has 3 rings (SSSR count). The highest BCUT2D eigenvalue weighted by Crippen LogP contribution is 2.35. The number of hydrogen-bond donors (Lipinski definition) is 0. The Morgan fingerprint density at radius 2 is 2.00 bits per heavy atom. The fourth-order valence-electron chi connectivity index (χ4n) is 2.92. The number of benzene rings is 2. The van der Waals surface area contributed by atoms with Crippen molar-refractivity contribution in [1.82, 2.24) is 0 Å².